The van der Waals surface area contributed by atoms with Gasteiger partial charge in [0.1, 0.15) is 0 Å². The Balaban J connectivity index is 2.49. The molecule has 1 aliphatic heterocycles. The van der Waals surface area contributed by atoms with Gasteiger partial charge in [-0.1, -0.05) is 6.92 Å². The number of nitrogens with one attached hydrogen (secondary N) is 1. The van der Waals surface area contributed by atoms with Gasteiger partial charge in [-0.15, -0.1) is 0 Å². The molecule has 0 radical (unpaired) electrons. The Bertz CT molecular complexity index is 238. The maximum absolute atomic E-state index is 12.1. The van der Waals surface area contributed by atoms with Crippen molar-refractivity contribution in [1.29, 1.82) is 0 Å². The quantitative estimate of drug-likeness (QED) is 0.793. The molecule has 0 fully saturated rings. The van der Waals surface area contributed by atoms with Crippen LogP contribution in [0.2, 0.25) is 0 Å². The second kappa shape index (κ2) is 6.13. The van der Waals surface area contributed by atoms with Crippen molar-refractivity contribution in [3.05, 3.63) is 11.8 Å². The summed E-state index contributed by atoms with van der Waals surface area (Å²) in [5.74, 6) is 0. The van der Waals surface area contributed by atoms with Gasteiger partial charge in [-0.2, -0.15) is 13.2 Å². The molecule has 1 heterocycles. The summed E-state index contributed by atoms with van der Waals surface area (Å²) in [6, 6.07) is -0.202. The van der Waals surface area contributed by atoms with Crippen LogP contribution in [0.3, 0.4) is 0 Å². The van der Waals surface area contributed by atoms with Crippen LogP contribution in [-0.2, 0) is 4.74 Å². The van der Waals surface area contributed by atoms with Gasteiger partial charge in [-0.05, 0) is 31.4 Å². The first-order chi connectivity index (χ1) is 7.53. The summed E-state index contributed by atoms with van der Waals surface area (Å²) >= 11 is 0. The average molecular weight is 237 g/mol. The van der Waals surface area contributed by atoms with Gasteiger partial charge in [0.25, 0.3) is 0 Å². The van der Waals surface area contributed by atoms with Crippen LogP contribution >= 0.6 is 0 Å². The van der Waals surface area contributed by atoms with E-state index in [0.717, 1.165) is 18.4 Å². The second-order valence-corrected chi connectivity index (χ2v) is 3.93. The summed E-state index contributed by atoms with van der Waals surface area (Å²) in [4.78, 5) is 0. The SMILES string of the molecule is CCNC(CCC(F)(F)F)C1=COCCC1. The van der Waals surface area contributed by atoms with E-state index in [1.807, 2.05) is 6.92 Å². The molecule has 0 saturated carbocycles. The van der Waals surface area contributed by atoms with Gasteiger partial charge in [0.15, 0.2) is 0 Å². The molecule has 0 aromatic rings. The summed E-state index contributed by atoms with van der Waals surface area (Å²) in [6.07, 6.45) is -1.40. The van der Waals surface area contributed by atoms with Gasteiger partial charge in [0.05, 0.1) is 12.9 Å². The van der Waals surface area contributed by atoms with E-state index in [4.69, 9.17) is 4.74 Å². The highest BCUT2D eigenvalue weighted by atomic mass is 19.4. The molecule has 2 nitrogen and oxygen atoms in total. The van der Waals surface area contributed by atoms with Crippen molar-refractivity contribution in [2.75, 3.05) is 13.2 Å². The lowest BCUT2D eigenvalue weighted by Gasteiger charge is -2.24. The Labute approximate surface area is 93.9 Å². The molecule has 94 valence electrons. The van der Waals surface area contributed by atoms with Gasteiger partial charge in [-0.3, -0.25) is 0 Å². The van der Waals surface area contributed by atoms with Crippen LogP contribution in [0.4, 0.5) is 13.2 Å². The first kappa shape index (κ1) is 13.4. The highest BCUT2D eigenvalue weighted by Gasteiger charge is 2.29. The lowest BCUT2D eigenvalue weighted by molar-refractivity contribution is -0.136. The first-order valence-corrected chi connectivity index (χ1v) is 5.63. The fraction of sp³-hybridized carbons (Fsp3) is 0.818. The Morgan fingerprint density at radius 3 is 2.75 bits per heavy atom. The topological polar surface area (TPSA) is 21.3 Å². The van der Waals surface area contributed by atoms with E-state index >= 15 is 0 Å². The molecule has 1 atom stereocenters. The standard InChI is InChI=1S/C11H18F3NO/c1-2-15-10(5-6-11(12,13)14)9-4-3-7-16-8-9/h8,10,15H,2-7H2,1H3. The number of ether oxygens (including phenoxy) is 1. The van der Waals surface area contributed by atoms with Crippen molar-refractivity contribution in [3.8, 4) is 0 Å². The highest BCUT2D eigenvalue weighted by molar-refractivity contribution is 5.09. The first-order valence-electron chi connectivity index (χ1n) is 5.63. The van der Waals surface area contributed by atoms with E-state index in [1.165, 1.54) is 0 Å². The Morgan fingerprint density at radius 2 is 2.25 bits per heavy atom. The van der Waals surface area contributed by atoms with Crippen molar-refractivity contribution in [2.45, 2.75) is 44.8 Å². The van der Waals surface area contributed by atoms with Gasteiger partial charge < -0.3 is 10.1 Å². The molecule has 1 rings (SSSR count). The van der Waals surface area contributed by atoms with Gasteiger partial charge in [-0.25, -0.2) is 0 Å². The number of alkyl halides is 3. The molecular weight excluding hydrogens is 219 g/mol. The Hall–Kier alpha value is -0.710. The van der Waals surface area contributed by atoms with Crippen LogP contribution in [0.15, 0.2) is 11.8 Å². The van der Waals surface area contributed by atoms with Crippen LogP contribution in [-0.4, -0.2) is 25.4 Å². The van der Waals surface area contributed by atoms with Crippen LogP contribution in [0.1, 0.15) is 32.6 Å². The van der Waals surface area contributed by atoms with E-state index in [-0.39, 0.29) is 12.5 Å². The van der Waals surface area contributed by atoms with E-state index < -0.39 is 12.6 Å². The summed E-state index contributed by atoms with van der Waals surface area (Å²) < 4.78 is 41.6. The maximum Gasteiger partial charge on any atom is 0.389 e. The van der Waals surface area contributed by atoms with Crippen molar-refractivity contribution in [2.24, 2.45) is 0 Å². The van der Waals surface area contributed by atoms with Crippen molar-refractivity contribution in [3.63, 3.8) is 0 Å². The molecule has 1 aliphatic rings. The zero-order valence-electron chi connectivity index (χ0n) is 9.44. The van der Waals surface area contributed by atoms with Gasteiger partial charge >= 0.3 is 6.18 Å². The summed E-state index contributed by atoms with van der Waals surface area (Å²) in [7, 11) is 0. The molecule has 5 heteroatoms. The van der Waals surface area contributed by atoms with Crippen LogP contribution in [0, 0.1) is 0 Å². The van der Waals surface area contributed by atoms with Gasteiger partial charge in [0, 0.05) is 12.5 Å². The molecule has 16 heavy (non-hydrogen) atoms. The molecule has 0 saturated heterocycles. The van der Waals surface area contributed by atoms with E-state index in [9.17, 15) is 13.2 Å². The molecular formula is C11H18F3NO. The fourth-order valence-corrected chi connectivity index (χ4v) is 1.81. The number of hydrogen-bond donors (Lipinski definition) is 1. The number of likely N-dealkylation sites (N-methyl/N-ethyl adjacent to an activating group) is 1. The molecule has 1 unspecified atom stereocenters. The zero-order valence-corrected chi connectivity index (χ0v) is 9.44. The minimum Gasteiger partial charge on any atom is -0.501 e. The van der Waals surface area contributed by atoms with Crippen LogP contribution < -0.4 is 5.32 Å². The number of rotatable bonds is 5. The van der Waals surface area contributed by atoms with Crippen LogP contribution in [0.25, 0.3) is 0 Å². The monoisotopic (exact) mass is 237 g/mol. The minimum absolute atomic E-state index is 0.0898. The molecule has 0 bridgehead atoms. The summed E-state index contributed by atoms with van der Waals surface area (Å²) in [6.45, 7) is 3.23. The van der Waals surface area contributed by atoms with Crippen molar-refractivity contribution < 1.29 is 17.9 Å². The molecule has 0 aromatic heterocycles. The molecule has 0 amide bonds. The van der Waals surface area contributed by atoms with E-state index in [2.05, 4.69) is 5.32 Å². The maximum atomic E-state index is 12.1. The lowest BCUT2D eigenvalue weighted by atomic mass is 9.98. The predicted octanol–water partition coefficient (Wildman–Crippen LogP) is 3.00. The fourth-order valence-electron chi connectivity index (χ4n) is 1.81. The molecule has 0 aromatic carbocycles. The van der Waals surface area contributed by atoms with E-state index in [1.54, 1.807) is 6.26 Å². The normalized spacial score (nSPS) is 18.9. The molecule has 1 N–H and O–H groups in total. The van der Waals surface area contributed by atoms with E-state index in [0.29, 0.717) is 13.2 Å². The second-order valence-electron chi connectivity index (χ2n) is 3.93. The smallest absolute Gasteiger partial charge is 0.389 e. The van der Waals surface area contributed by atoms with Crippen molar-refractivity contribution >= 4 is 0 Å². The summed E-state index contributed by atoms with van der Waals surface area (Å²) in [5, 5.41) is 3.08. The third-order valence-corrected chi connectivity index (χ3v) is 2.58. The number of halogens is 3. The average Bonchev–Trinajstić information content (AvgIpc) is 2.24. The van der Waals surface area contributed by atoms with Gasteiger partial charge in [0.2, 0.25) is 0 Å². The minimum atomic E-state index is -4.08. The third-order valence-electron chi connectivity index (χ3n) is 2.58. The Kier molecular flexibility index (Phi) is 5.12. The predicted molar refractivity (Wildman–Crippen MR) is 56.0 cm³/mol. The summed E-state index contributed by atoms with van der Waals surface area (Å²) in [5.41, 5.74) is 0.956. The number of hydrogen-bond acceptors (Lipinski definition) is 2. The highest BCUT2D eigenvalue weighted by Crippen LogP contribution is 2.26. The molecule has 0 aliphatic carbocycles. The lowest BCUT2D eigenvalue weighted by Crippen LogP contribution is -2.33. The largest absolute Gasteiger partial charge is 0.501 e. The van der Waals surface area contributed by atoms with Crippen LogP contribution in [0.5, 0.6) is 0 Å². The molecule has 0 spiro atoms. The van der Waals surface area contributed by atoms with Crippen molar-refractivity contribution in [1.82, 2.24) is 5.32 Å². The Morgan fingerprint density at radius 1 is 1.50 bits per heavy atom. The zero-order chi connectivity index (χ0) is 12.0. The third kappa shape index (κ3) is 4.88.